The van der Waals surface area contributed by atoms with E-state index in [1.807, 2.05) is 46.0 Å². The van der Waals surface area contributed by atoms with E-state index in [9.17, 15) is 29.1 Å². The molecule has 6 bridgehead atoms. The van der Waals surface area contributed by atoms with Crippen molar-refractivity contribution >= 4 is 40.5 Å². The highest BCUT2D eigenvalue weighted by molar-refractivity contribution is 5.96. The molecule has 0 spiro atoms. The number of carbonyl (C=O) groups excluding carboxylic acids is 5. The van der Waals surface area contributed by atoms with Crippen molar-refractivity contribution in [2.45, 2.75) is 123 Å². The molecule has 3 N–H and O–H groups in total. The molecule has 70 heavy (non-hydrogen) atoms. The molecule has 16 nitrogen and oxygen atoms in total. The number of methoxy groups -OCH3 is 1. The van der Waals surface area contributed by atoms with Gasteiger partial charge >= 0.3 is 5.97 Å². The van der Waals surface area contributed by atoms with Crippen LogP contribution < -0.4 is 10.7 Å². The van der Waals surface area contributed by atoms with E-state index < -0.39 is 47.2 Å². The maximum atomic E-state index is 14.8. The molecule has 6 heterocycles. The van der Waals surface area contributed by atoms with Gasteiger partial charge in [-0.15, -0.1) is 0 Å². The molecule has 0 radical (unpaired) electrons. The number of aryl methyl sites for hydroxylation is 1. The fourth-order valence-corrected chi connectivity index (χ4v) is 11.3. The van der Waals surface area contributed by atoms with Crippen molar-refractivity contribution in [3.8, 4) is 28.1 Å². The van der Waals surface area contributed by atoms with Crippen molar-refractivity contribution in [3.63, 3.8) is 0 Å². The number of nitrogens with zero attached hydrogens (tertiary/aromatic N) is 6. The topological polar surface area (TPSA) is 179 Å². The summed E-state index contributed by atoms with van der Waals surface area (Å²) in [5, 5.41) is 16.8. The monoisotopic (exact) mass is 961 g/mol. The van der Waals surface area contributed by atoms with Crippen LogP contribution >= 0.6 is 0 Å². The van der Waals surface area contributed by atoms with Crippen LogP contribution in [0.5, 0.6) is 5.75 Å². The van der Waals surface area contributed by atoms with E-state index in [0.717, 1.165) is 63.9 Å². The molecule has 3 saturated heterocycles. The predicted octanol–water partition coefficient (Wildman–Crippen LogP) is 5.88. The Labute approximate surface area is 412 Å². The van der Waals surface area contributed by atoms with Crippen molar-refractivity contribution in [1.29, 1.82) is 0 Å². The number of cyclic esters (lactones) is 1. The first-order chi connectivity index (χ1) is 33.4. The van der Waals surface area contributed by atoms with Gasteiger partial charge in [-0.25, -0.2) is 5.43 Å². The molecule has 4 aliphatic heterocycles. The number of likely N-dealkylation sites (N-methyl/N-ethyl adjacent to an activating group) is 2. The van der Waals surface area contributed by atoms with E-state index in [1.54, 1.807) is 37.4 Å². The summed E-state index contributed by atoms with van der Waals surface area (Å²) in [5.41, 5.74) is 9.59. The van der Waals surface area contributed by atoms with Crippen LogP contribution in [0, 0.1) is 17.3 Å². The third kappa shape index (κ3) is 10.3. The second-order valence-corrected chi connectivity index (χ2v) is 21.1. The molecular weight excluding hydrogens is 889 g/mol. The van der Waals surface area contributed by atoms with Crippen LogP contribution in [-0.2, 0) is 52.8 Å². The van der Waals surface area contributed by atoms with Gasteiger partial charge in [-0.1, -0.05) is 39.8 Å². The SMILES string of the molecule is CCn1c(-c2cccnc2[C@H](C)OC)c2c3cc(ccc31)-c1cc(O)cc(c1)C[C@H](NC(=O)[C@H](C(C)C)N(C)C(=O)[C@H]1CCN(C(=O)[C@H]3CCCN3C)C1)C(=O)N1CCC[C@H](N1)C(=O)OCC(C)(C)C2. The molecule has 2 aromatic heterocycles. The lowest BCUT2D eigenvalue weighted by atomic mass is 9.84. The minimum atomic E-state index is -1.16. The smallest absolute Gasteiger partial charge is 0.324 e. The summed E-state index contributed by atoms with van der Waals surface area (Å²) < 4.78 is 14.2. The zero-order valence-corrected chi connectivity index (χ0v) is 42.4. The lowest BCUT2D eigenvalue weighted by molar-refractivity contribution is -0.155. The number of aromatic hydroxyl groups is 1. The molecule has 8 rings (SSSR count). The summed E-state index contributed by atoms with van der Waals surface area (Å²) in [5.74, 6) is -2.44. The molecule has 0 unspecified atom stereocenters. The number of hydrazine groups is 1. The molecule has 2 aromatic carbocycles. The number of pyridine rings is 1. The quantitative estimate of drug-likeness (QED) is 0.162. The van der Waals surface area contributed by atoms with Gasteiger partial charge < -0.3 is 34.3 Å². The van der Waals surface area contributed by atoms with Crippen molar-refractivity contribution in [3.05, 3.63) is 71.5 Å². The number of nitrogens with one attached hydrogen (secondary N) is 2. The first-order valence-electron chi connectivity index (χ1n) is 25.2. The molecule has 4 aromatic rings. The van der Waals surface area contributed by atoms with Gasteiger partial charge in [-0.05, 0) is 131 Å². The Bertz CT molecular complexity index is 2630. The lowest BCUT2D eigenvalue weighted by Gasteiger charge is -2.37. The van der Waals surface area contributed by atoms with E-state index >= 15 is 0 Å². The minimum absolute atomic E-state index is 0.00341. The minimum Gasteiger partial charge on any atom is -0.508 e. The van der Waals surface area contributed by atoms with E-state index in [2.05, 4.69) is 59.2 Å². The van der Waals surface area contributed by atoms with Crippen LogP contribution in [0.3, 0.4) is 0 Å². The second-order valence-electron chi connectivity index (χ2n) is 21.1. The average molecular weight is 961 g/mol. The number of rotatable bonds is 10. The molecule has 6 atom stereocenters. The highest BCUT2D eigenvalue weighted by Gasteiger charge is 2.42. The number of phenols is 1. The number of amides is 4. The largest absolute Gasteiger partial charge is 0.508 e. The summed E-state index contributed by atoms with van der Waals surface area (Å²) in [6.45, 7) is 14.7. The number of esters is 1. The number of benzene rings is 2. The van der Waals surface area contributed by atoms with Gasteiger partial charge in [-0.3, -0.25) is 38.9 Å². The van der Waals surface area contributed by atoms with Crippen LogP contribution in [0.15, 0.2) is 54.7 Å². The Morgan fingerprint density at radius 3 is 2.50 bits per heavy atom. The normalized spacial score (nSPS) is 23.0. The number of carbonyl (C=O) groups is 5. The van der Waals surface area contributed by atoms with Crippen LogP contribution in [0.4, 0.5) is 0 Å². The Balaban J connectivity index is 1.15. The van der Waals surface area contributed by atoms with Crippen LogP contribution in [0.25, 0.3) is 33.3 Å². The molecule has 0 saturated carbocycles. The Hall–Kier alpha value is -5.84. The molecule has 4 amide bonds. The zero-order valence-electron chi connectivity index (χ0n) is 42.4. The number of phenolic OH excluding ortho intramolecular Hbond substituents is 1. The molecule has 16 heteroatoms. The van der Waals surface area contributed by atoms with Crippen molar-refractivity contribution in [1.82, 2.24) is 40.0 Å². The number of hydrogen-bond donors (Lipinski definition) is 3. The molecule has 3 fully saturated rings. The van der Waals surface area contributed by atoms with Gasteiger partial charge in [0.15, 0.2) is 0 Å². The first-order valence-corrected chi connectivity index (χ1v) is 25.2. The Morgan fingerprint density at radius 2 is 1.79 bits per heavy atom. The predicted molar refractivity (Wildman–Crippen MR) is 267 cm³/mol. The van der Waals surface area contributed by atoms with Crippen molar-refractivity contribution in [2.24, 2.45) is 17.3 Å². The van der Waals surface area contributed by atoms with Gasteiger partial charge in [-0.2, -0.15) is 0 Å². The van der Waals surface area contributed by atoms with Gasteiger partial charge in [0.25, 0.3) is 5.91 Å². The van der Waals surface area contributed by atoms with Crippen LogP contribution in [-0.4, -0.2) is 142 Å². The van der Waals surface area contributed by atoms with Gasteiger partial charge in [0.2, 0.25) is 17.7 Å². The maximum absolute atomic E-state index is 14.8. The Morgan fingerprint density at radius 1 is 1.01 bits per heavy atom. The summed E-state index contributed by atoms with van der Waals surface area (Å²) in [6.07, 6.45) is 5.25. The fourth-order valence-electron chi connectivity index (χ4n) is 11.3. The first kappa shape index (κ1) is 50.5. The third-order valence-electron chi connectivity index (χ3n) is 15.0. The standard InChI is InChI=1S/C54H72N8O8/c1-10-61-44-18-17-35-28-40(44)41(48(61)39-14-11-20-55-46(39)33(4)69-9)29-54(5,6)31-70-53(68)42-15-12-22-62(57-42)51(66)43(26-34-24-37(35)27-38(63)25-34)56-49(64)47(32(2)3)59(8)50(65)36-19-23-60(30-36)52(67)45-16-13-21-58(45)7/h11,14,17-18,20,24-25,27-28,32-33,36,42-43,45,47,57,63H,10,12-13,15-16,19,21-23,26,29-31H2,1-9H3,(H,56,64)/t33-,36-,42-,43-,45+,47-/m0/s1. The van der Waals surface area contributed by atoms with E-state index in [4.69, 9.17) is 14.5 Å². The summed E-state index contributed by atoms with van der Waals surface area (Å²) in [4.78, 5) is 81.3. The lowest BCUT2D eigenvalue weighted by Crippen LogP contribution is -2.62. The van der Waals surface area contributed by atoms with E-state index in [-0.39, 0.29) is 55.2 Å². The van der Waals surface area contributed by atoms with E-state index in [0.29, 0.717) is 50.9 Å². The van der Waals surface area contributed by atoms with Gasteiger partial charge in [0.05, 0.1) is 36.1 Å². The second kappa shape index (κ2) is 20.9. The molecule has 0 aliphatic carbocycles. The fraction of sp³-hybridized carbons (Fsp3) is 0.556. The summed E-state index contributed by atoms with van der Waals surface area (Å²) in [6, 6.07) is 12.4. The Kier molecular flexibility index (Phi) is 15.1. The summed E-state index contributed by atoms with van der Waals surface area (Å²) in [7, 11) is 5.25. The molecule has 4 aliphatic rings. The zero-order chi connectivity index (χ0) is 50.2. The van der Waals surface area contributed by atoms with Crippen LogP contribution in [0.1, 0.15) is 96.6 Å². The van der Waals surface area contributed by atoms with Gasteiger partial charge in [0.1, 0.15) is 23.9 Å². The average Bonchev–Trinajstić information content (AvgIpc) is 4.09. The van der Waals surface area contributed by atoms with Crippen molar-refractivity contribution in [2.75, 3.05) is 54.0 Å². The van der Waals surface area contributed by atoms with Gasteiger partial charge in [0, 0.05) is 74.8 Å². The van der Waals surface area contributed by atoms with E-state index in [1.165, 1.54) is 9.91 Å². The molecular formula is C54H72N8O8. The highest BCUT2D eigenvalue weighted by atomic mass is 16.5. The number of aromatic nitrogens is 2. The van der Waals surface area contributed by atoms with Crippen molar-refractivity contribution < 1.29 is 38.6 Å². The summed E-state index contributed by atoms with van der Waals surface area (Å²) >= 11 is 0. The number of fused-ring (bicyclic) bond motifs is 6. The number of ether oxygens (including phenoxy) is 2. The maximum Gasteiger partial charge on any atom is 0.324 e. The third-order valence-corrected chi connectivity index (χ3v) is 15.0. The number of likely N-dealkylation sites (tertiary alicyclic amines) is 2. The highest BCUT2D eigenvalue weighted by Crippen LogP contribution is 2.42. The van der Waals surface area contributed by atoms with Crippen LogP contribution in [0.2, 0.25) is 0 Å². The molecule has 376 valence electrons. The number of hydrogen-bond acceptors (Lipinski definition) is 11.